The van der Waals surface area contributed by atoms with Crippen molar-refractivity contribution in [3.05, 3.63) is 60.2 Å². The molecule has 5 nitrogen and oxygen atoms in total. The summed E-state index contributed by atoms with van der Waals surface area (Å²) in [6.45, 7) is 7.79. The first-order valence-corrected chi connectivity index (χ1v) is 9.12. The van der Waals surface area contributed by atoms with Crippen LogP contribution in [0.3, 0.4) is 0 Å². The lowest BCUT2D eigenvalue weighted by Gasteiger charge is -2.30. The summed E-state index contributed by atoms with van der Waals surface area (Å²) in [6, 6.07) is 9.55. The second-order valence-electron chi connectivity index (χ2n) is 7.02. The molecule has 1 aliphatic heterocycles. The van der Waals surface area contributed by atoms with Crippen molar-refractivity contribution < 1.29 is 23.8 Å². The molecule has 0 spiro atoms. The fraction of sp³-hybridized carbons (Fsp3) is 0.455. The number of carbonyl (C=O) groups excluding carboxylic acids is 2. The molecule has 0 radical (unpaired) electrons. The standard InChI is InChI=1S/C22H28O5/c1-6-7-13-17-19(16-11-9-8-10-12-16)27-18(14-15(2)3)22(17,20(23)25-4)21(24)26-5/h6,8-13,15,18-19H,1,7,14H2,2-5H3/b17-13+. The number of rotatable bonds is 7. The van der Waals surface area contributed by atoms with Gasteiger partial charge in [0.15, 0.2) is 0 Å². The van der Waals surface area contributed by atoms with Crippen LogP contribution in [0, 0.1) is 11.3 Å². The Morgan fingerprint density at radius 1 is 1.19 bits per heavy atom. The number of benzene rings is 1. The molecule has 0 N–H and O–H groups in total. The summed E-state index contributed by atoms with van der Waals surface area (Å²) in [5, 5.41) is 0. The van der Waals surface area contributed by atoms with E-state index in [0.717, 1.165) is 5.56 Å². The van der Waals surface area contributed by atoms with Gasteiger partial charge in [0.2, 0.25) is 5.41 Å². The average molecular weight is 372 g/mol. The topological polar surface area (TPSA) is 61.8 Å². The molecule has 0 aliphatic carbocycles. The maximum absolute atomic E-state index is 13.0. The number of carbonyl (C=O) groups is 2. The average Bonchev–Trinajstić information content (AvgIpc) is 2.99. The summed E-state index contributed by atoms with van der Waals surface area (Å²) in [6.07, 6.45) is 3.33. The van der Waals surface area contributed by atoms with Crippen molar-refractivity contribution in [2.75, 3.05) is 14.2 Å². The molecule has 2 rings (SSSR count). The Morgan fingerprint density at radius 3 is 2.26 bits per heavy atom. The summed E-state index contributed by atoms with van der Waals surface area (Å²) in [4.78, 5) is 26.0. The van der Waals surface area contributed by atoms with Crippen molar-refractivity contribution in [3.63, 3.8) is 0 Å². The van der Waals surface area contributed by atoms with Crippen LogP contribution in [0.15, 0.2) is 54.6 Å². The van der Waals surface area contributed by atoms with Crippen molar-refractivity contribution >= 4 is 11.9 Å². The van der Waals surface area contributed by atoms with E-state index in [-0.39, 0.29) is 5.92 Å². The molecule has 1 aromatic carbocycles. The molecular weight excluding hydrogens is 344 g/mol. The summed E-state index contributed by atoms with van der Waals surface area (Å²) in [7, 11) is 2.56. The van der Waals surface area contributed by atoms with E-state index >= 15 is 0 Å². The number of ether oxygens (including phenoxy) is 3. The number of methoxy groups -OCH3 is 2. The van der Waals surface area contributed by atoms with Gasteiger partial charge in [-0.25, -0.2) is 0 Å². The van der Waals surface area contributed by atoms with E-state index in [0.29, 0.717) is 18.4 Å². The van der Waals surface area contributed by atoms with Crippen LogP contribution in [0.5, 0.6) is 0 Å². The third-order valence-electron chi connectivity index (χ3n) is 4.83. The summed E-state index contributed by atoms with van der Waals surface area (Å²) < 4.78 is 16.5. The Balaban J connectivity index is 2.72. The molecule has 27 heavy (non-hydrogen) atoms. The zero-order valence-electron chi connectivity index (χ0n) is 16.4. The quantitative estimate of drug-likeness (QED) is 0.411. The Morgan fingerprint density at radius 2 is 1.78 bits per heavy atom. The number of hydrogen-bond donors (Lipinski definition) is 0. The molecule has 0 amide bonds. The monoisotopic (exact) mass is 372 g/mol. The Bertz CT molecular complexity index is 689. The third kappa shape index (κ3) is 3.83. The fourth-order valence-corrected chi connectivity index (χ4v) is 3.66. The van der Waals surface area contributed by atoms with Crippen LogP contribution in [0.1, 0.15) is 38.4 Å². The van der Waals surface area contributed by atoms with Gasteiger partial charge in [-0.3, -0.25) is 9.59 Å². The van der Waals surface area contributed by atoms with Gasteiger partial charge < -0.3 is 14.2 Å². The maximum Gasteiger partial charge on any atom is 0.330 e. The first kappa shape index (κ1) is 20.9. The molecule has 2 atom stereocenters. The zero-order valence-corrected chi connectivity index (χ0v) is 16.4. The van der Waals surface area contributed by atoms with E-state index in [1.807, 2.05) is 50.3 Å². The first-order valence-electron chi connectivity index (χ1n) is 9.12. The minimum atomic E-state index is -1.63. The van der Waals surface area contributed by atoms with Gasteiger partial charge in [-0.1, -0.05) is 56.3 Å². The molecule has 2 unspecified atom stereocenters. The van der Waals surface area contributed by atoms with Gasteiger partial charge in [-0.05, 0) is 29.9 Å². The van der Waals surface area contributed by atoms with Crippen LogP contribution in [-0.4, -0.2) is 32.3 Å². The Hall–Kier alpha value is -2.40. The molecule has 1 aliphatic rings. The SMILES string of the molecule is C=CC/C=C1\C(c2ccccc2)OC(CC(C)C)C1(C(=O)OC)C(=O)OC. The highest BCUT2D eigenvalue weighted by Crippen LogP contribution is 2.53. The smallest absolute Gasteiger partial charge is 0.330 e. The molecule has 5 heteroatoms. The lowest BCUT2D eigenvalue weighted by molar-refractivity contribution is -0.171. The Kier molecular flexibility index (Phi) is 6.97. The van der Waals surface area contributed by atoms with Crippen molar-refractivity contribution in [2.45, 2.75) is 38.9 Å². The van der Waals surface area contributed by atoms with Gasteiger partial charge in [0.25, 0.3) is 0 Å². The van der Waals surface area contributed by atoms with Gasteiger partial charge in [0.1, 0.15) is 6.10 Å². The number of allylic oxidation sites excluding steroid dienone is 2. The van der Waals surface area contributed by atoms with Crippen LogP contribution < -0.4 is 0 Å². The van der Waals surface area contributed by atoms with Crippen LogP contribution in [0.4, 0.5) is 0 Å². The van der Waals surface area contributed by atoms with Crippen molar-refractivity contribution in [2.24, 2.45) is 11.3 Å². The van der Waals surface area contributed by atoms with Gasteiger partial charge in [0, 0.05) is 0 Å². The summed E-state index contributed by atoms with van der Waals surface area (Å²) in [5.74, 6) is -1.11. The molecule has 1 heterocycles. The van der Waals surface area contributed by atoms with E-state index < -0.39 is 29.6 Å². The molecule has 1 fully saturated rings. The van der Waals surface area contributed by atoms with Crippen LogP contribution in [0.2, 0.25) is 0 Å². The molecule has 146 valence electrons. The van der Waals surface area contributed by atoms with Gasteiger partial charge >= 0.3 is 11.9 Å². The van der Waals surface area contributed by atoms with Crippen LogP contribution >= 0.6 is 0 Å². The van der Waals surface area contributed by atoms with E-state index in [1.165, 1.54) is 14.2 Å². The van der Waals surface area contributed by atoms with Crippen molar-refractivity contribution in [1.82, 2.24) is 0 Å². The molecular formula is C22H28O5. The maximum atomic E-state index is 13.0. The van der Waals surface area contributed by atoms with E-state index in [4.69, 9.17) is 14.2 Å². The second kappa shape index (κ2) is 9.00. The Labute approximate surface area is 161 Å². The highest BCUT2D eigenvalue weighted by atomic mass is 16.6. The molecule has 0 aromatic heterocycles. The molecule has 1 saturated heterocycles. The van der Waals surface area contributed by atoms with Crippen LogP contribution in [-0.2, 0) is 23.8 Å². The lowest BCUT2D eigenvalue weighted by atomic mass is 9.72. The molecule has 1 aromatic rings. The first-order chi connectivity index (χ1) is 12.9. The van der Waals surface area contributed by atoms with E-state index in [2.05, 4.69) is 6.58 Å². The predicted octanol–water partition coefficient (Wildman–Crippen LogP) is 4.01. The van der Waals surface area contributed by atoms with E-state index in [1.54, 1.807) is 6.08 Å². The van der Waals surface area contributed by atoms with Crippen molar-refractivity contribution in [3.8, 4) is 0 Å². The summed E-state index contributed by atoms with van der Waals surface area (Å²) >= 11 is 0. The van der Waals surface area contributed by atoms with E-state index in [9.17, 15) is 9.59 Å². The lowest BCUT2D eigenvalue weighted by Crippen LogP contribution is -2.49. The van der Waals surface area contributed by atoms with Gasteiger partial charge in [-0.15, -0.1) is 6.58 Å². The number of esters is 2. The second-order valence-corrected chi connectivity index (χ2v) is 7.02. The zero-order chi connectivity index (χ0) is 20.0. The minimum Gasteiger partial charge on any atom is -0.468 e. The molecule has 0 bridgehead atoms. The van der Waals surface area contributed by atoms with Gasteiger partial charge in [-0.2, -0.15) is 0 Å². The van der Waals surface area contributed by atoms with Gasteiger partial charge in [0.05, 0.1) is 20.3 Å². The summed E-state index contributed by atoms with van der Waals surface area (Å²) in [5.41, 5.74) is -0.203. The highest BCUT2D eigenvalue weighted by Gasteiger charge is 2.64. The fourth-order valence-electron chi connectivity index (χ4n) is 3.66. The van der Waals surface area contributed by atoms with Crippen LogP contribution in [0.25, 0.3) is 0 Å². The molecule has 0 saturated carbocycles. The van der Waals surface area contributed by atoms with Crippen molar-refractivity contribution in [1.29, 1.82) is 0 Å². The largest absolute Gasteiger partial charge is 0.468 e. The number of hydrogen-bond acceptors (Lipinski definition) is 5. The normalized spacial score (nSPS) is 22.6. The minimum absolute atomic E-state index is 0.207. The highest BCUT2D eigenvalue weighted by molar-refractivity contribution is 6.05. The third-order valence-corrected chi connectivity index (χ3v) is 4.83. The predicted molar refractivity (Wildman–Crippen MR) is 103 cm³/mol.